The molecule has 2 aliphatic heterocycles. The Kier molecular flexibility index (Phi) is 5.55. The van der Waals surface area contributed by atoms with E-state index in [0.717, 1.165) is 25.2 Å². The zero-order valence-corrected chi connectivity index (χ0v) is 15.8. The first kappa shape index (κ1) is 19.5. The maximum Gasteiger partial charge on any atom is 0.291 e. The van der Waals surface area contributed by atoms with Gasteiger partial charge in [-0.3, -0.25) is 14.4 Å². The first-order valence-electron chi connectivity index (χ1n) is 9.65. The Hall–Kier alpha value is -2.84. The summed E-state index contributed by atoms with van der Waals surface area (Å²) < 4.78 is 24.1. The van der Waals surface area contributed by atoms with Crippen molar-refractivity contribution in [1.82, 2.24) is 4.90 Å². The van der Waals surface area contributed by atoms with Gasteiger partial charge in [-0.05, 0) is 36.4 Å². The van der Waals surface area contributed by atoms with Crippen LogP contribution in [0.3, 0.4) is 0 Å². The summed E-state index contributed by atoms with van der Waals surface area (Å²) in [7, 11) is 0. The second kappa shape index (κ2) is 8.26. The molecule has 0 saturated carbocycles. The molecule has 4 rings (SSSR count). The fourth-order valence-corrected chi connectivity index (χ4v) is 3.99. The number of likely N-dealkylation sites (tertiary alicyclic amines) is 1. The fourth-order valence-electron chi connectivity index (χ4n) is 3.99. The Balaban J connectivity index is 1.61. The first-order valence-corrected chi connectivity index (χ1v) is 9.65. The number of benzene rings is 1. The number of furan rings is 1. The first-order chi connectivity index (χ1) is 14.1. The van der Waals surface area contributed by atoms with Crippen molar-refractivity contribution in [2.24, 2.45) is 5.92 Å². The van der Waals surface area contributed by atoms with Crippen LogP contribution in [0.15, 0.2) is 47.1 Å². The van der Waals surface area contributed by atoms with Gasteiger partial charge in [0.2, 0.25) is 5.78 Å². The summed E-state index contributed by atoms with van der Waals surface area (Å²) in [5.74, 6) is -3.24. The molecule has 1 amide bonds. The van der Waals surface area contributed by atoms with Crippen LogP contribution in [0.5, 0.6) is 0 Å². The lowest BCUT2D eigenvalue weighted by molar-refractivity contribution is -0.907. The molecule has 8 heteroatoms. The number of nitrogens with zero attached hydrogens (tertiary/aromatic N) is 1. The predicted octanol–water partition coefficient (Wildman–Crippen LogP) is 0.285. The third-order valence-corrected chi connectivity index (χ3v) is 5.56. The van der Waals surface area contributed by atoms with E-state index in [-0.39, 0.29) is 5.56 Å². The van der Waals surface area contributed by atoms with Gasteiger partial charge in [0, 0.05) is 5.56 Å². The van der Waals surface area contributed by atoms with Crippen molar-refractivity contribution in [3.63, 3.8) is 0 Å². The number of morpholine rings is 1. The number of ketones is 2. The van der Waals surface area contributed by atoms with Gasteiger partial charge >= 0.3 is 0 Å². The molecule has 2 aromatic rings. The average Bonchev–Trinajstić information content (AvgIpc) is 3.35. The number of hydrogen-bond donors (Lipinski definition) is 1. The van der Waals surface area contributed by atoms with Crippen LogP contribution in [-0.4, -0.2) is 61.8 Å². The second-order valence-electron chi connectivity index (χ2n) is 7.28. The smallest absolute Gasteiger partial charge is 0.291 e. The molecule has 2 fully saturated rings. The lowest BCUT2D eigenvalue weighted by Gasteiger charge is -2.28. The highest BCUT2D eigenvalue weighted by molar-refractivity contribution is 6.44. The van der Waals surface area contributed by atoms with Gasteiger partial charge in [0.25, 0.3) is 5.91 Å². The number of ether oxygens (including phenoxy) is 1. The Labute approximate surface area is 167 Å². The van der Waals surface area contributed by atoms with Crippen molar-refractivity contribution in [1.29, 1.82) is 0 Å². The minimum Gasteiger partial charge on any atom is -0.467 e. The SMILES string of the molecule is O=C1C(=O)N(CC[NH+]2CCOCC2)C(c2ccco2)C1C(=O)c1ccc(F)cc1. The molecule has 152 valence electrons. The van der Waals surface area contributed by atoms with E-state index in [1.165, 1.54) is 28.2 Å². The van der Waals surface area contributed by atoms with Crippen LogP contribution in [0.1, 0.15) is 22.2 Å². The molecule has 1 aromatic heterocycles. The molecule has 2 aliphatic rings. The van der Waals surface area contributed by atoms with Crippen molar-refractivity contribution in [2.45, 2.75) is 6.04 Å². The van der Waals surface area contributed by atoms with E-state index in [0.29, 0.717) is 32.1 Å². The summed E-state index contributed by atoms with van der Waals surface area (Å²) in [6, 6.07) is 7.50. The van der Waals surface area contributed by atoms with Gasteiger partial charge in [-0.15, -0.1) is 0 Å². The van der Waals surface area contributed by atoms with Crippen LogP contribution in [0.4, 0.5) is 4.39 Å². The number of amides is 1. The molecule has 0 aliphatic carbocycles. The van der Waals surface area contributed by atoms with E-state index in [1.807, 2.05) is 0 Å². The quantitative estimate of drug-likeness (QED) is 0.427. The van der Waals surface area contributed by atoms with E-state index in [4.69, 9.17) is 9.15 Å². The Morgan fingerprint density at radius 1 is 1.14 bits per heavy atom. The maximum atomic E-state index is 13.2. The monoisotopic (exact) mass is 401 g/mol. The third-order valence-electron chi connectivity index (χ3n) is 5.56. The number of halogens is 1. The second-order valence-corrected chi connectivity index (χ2v) is 7.28. The van der Waals surface area contributed by atoms with Crippen LogP contribution in [0.2, 0.25) is 0 Å². The van der Waals surface area contributed by atoms with Crippen molar-refractivity contribution in [3.8, 4) is 0 Å². The molecule has 2 saturated heterocycles. The van der Waals surface area contributed by atoms with Crippen LogP contribution < -0.4 is 4.90 Å². The van der Waals surface area contributed by atoms with E-state index in [9.17, 15) is 18.8 Å². The molecule has 29 heavy (non-hydrogen) atoms. The number of nitrogens with one attached hydrogen (secondary N) is 1. The lowest BCUT2D eigenvalue weighted by Crippen LogP contribution is -3.14. The van der Waals surface area contributed by atoms with Gasteiger partial charge in [0.15, 0.2) is 5.78 Å². The van der Waals surface area contributed by atoms with Crippen molar-refractivity contribution >= 4 is 17.5 Å². The standard InChI is InChI=1S/C21H21FN2O5/c22-15-5-3-14(4-6-15)19(25)17-18(16-2-1-11-29-16)24(21(27)20(17)26)8-7-23-9-12-28-13-10-23/h1-6,11,17-18H,7-10,12-13H2/p+1. The van der Waals surface area contributed by atoms with E-state index < -0.39 is 35.3 Å². The number of rotatable bonds is 6. The van der Waals surface area contributed by atoms with Crippen LogP contribution in [0, 0.1) is 11.7 Å². The van der Waals surface area contributed by atoms with Crippen LogP contribution >= 0.6 is 0 Å². The summed E-state index contributed by atoms with van der Waals surface area (Å²) in [6.07, 6.45) is 1.45. The van der Waals surface area contributed by atoms with E-state index >= 15 is 0 Å². The molecule has 0 radical (unpaired) electrons. The summed E-state index contributed by atoms with van der Waals surface area (Å²) in [5, 5.41) is 0. The molecule has 7 nitrogen and oxygen atoms in total. The zero-order valence-electron chi connectivity index (χ0n) is 15.8. The third kappa shape index (κ3) is 3.86. The molecule has 2 atom stereocenters. The fraction of sp³-hybridized carbons (Fsp3) is 0.381. The number of quaternary nitrogens is 1. The molecule has 2 unspecified atom stereocenters. The molecule has 3 heterocycles. The van der Waals surface area contributed by atoms with Gasteiger partial charge in [-0.2, -0.15) is 0 Å². The Morgan fingerprint density at radius 3 is 2.52 bits per heavy atom. The van der Waals surface area contributed by atoms with Crippen molar-refractivity contribution < 1.29 is 32.8 Å². The minimum absolute atomic E-state index is 0.190. The minimum atomic E-state index is -1.21. The number of hydrogen-bond acceptors (Lipinski definition) is 5. The Morgan fingerprint density at radius 2 is 1.86 bits per heavy atom. The highest BCUT2D eigenvalue weighted by atomic mass is 19.1. The number of Topliss-reactive ketones (excluding diaryl/α,β-unsaturated/α-hetero) is 2. The largest absolute Gasteiger partial charge is 0.467 e. The van der Waals surface area contributed by atoms with Crippen molar-refractivity contribution in [2.75, 3.05) is 39.4 Å². The molecule has 1 aromatic carbocycles. The zero-order chi connectivity index (χ0) is 20.4. The summed E-state index contributed by atoms with van der Waals surface area (Å²) in [4.78, 5) is 41.4. The summed E-state index contributed by atoms with van der Waals surface area (Å²) in [6.45, 7) is 3.97. The Bertz CT molecular complexity index is 890. The van der Waals surface area contributed by atoms with Gasteiger partial charge in [-0.25, -0.2) is 4.39 Å². The molecular formula is C21H22FN2O5+. The summed E-state index contributed by atoms with van der Waals surface area (Å²) in [5.41, 5.74) is 0.190. The number of carbonyl (C=O) groups excluding carboxylic acids is 3. The highest BCUT2D eigenvalue weighted by Crippen LogP contribution is 2.38. The predicted molar refractivity (Wildman–Crippen MR) is 98.8 cm³/mol. The lowest BCUT2D eigenvalue weighted by atomic mass is 9.89. The molecule has 0 bridgehead atoms. The molecular weight excluding hydrogens is 379 g/mol. The highest BCUT2D eigenvalue weighted by Gasteiger charge is 2.53. The summed E-state index contributed by atoms with van der Waals surface area (Å²) >= 11 is 0. The van der Waals surface area contributed by atoms with Crippen LogP contribution in [-0.2, 0) is 14.3 Å². The number of carbonyl (C=O) groups is 3. The van der Waals surface area contributed by atoms with Gasteiger partial charge in [0.05, 0.1) is 32.6 Å². The van der Waals surface area contributed by atoms with Gasteiger partial charge < -0.3 is 19.0 Å². The molecule has 0 spiro atoms. The van der Waals surface area contributed by atoms with E-state index in [1.54, 1.807) is 12.1 Å². The van der Waals surface area contributed by atoms with Crippen molar-refractivity contribution in [3.05, 3.63) is 59.8 Å². The van der Waals surface area contributed by atoms with Gasteiger partial charge in [0.1, 0.15) is 36.6 Å². The average molecular weight is 401 g/mol. The van der Waals surface area contributed by atoms with E-state index in [2.05, 4.69) is 0 Å². The van der Waals surface area contributed by atoms with Crippen LogP contribution in [0.25, 0.3) is 0 Å². The van der Waals surface area contributed by atoms with Gasteiger partial charge in [-0.1, -0.05) is 0 Å². The topological polar surface area (TPSA) is 81.3 Å². The normalized spacial score (nSPS) is 23.0. The maximum absolute atomic E-state index is 13.2. The molecule has 1 N–H and O–H groups in total.